The van der Waals surface area contributed by atoms with Crippen LogP contribution in [-0.4, -0.2) is 25.1 Å². The maximum absolute atomic E-state index is 13.4. The minimum absolute atomic E-state index is 0.306. The van der Waals surface area contributed by atoms with Gasteiger partial charge >= 0.3 is 5.97 Å². The van der Waals surface area contributed by atoms with Gasteiger partial charge in [0.1, 0.15) is 11.6 Å². The van der Waals surface area contributed by atoms with Gasteiger partial charge in [0, 0.05) is 5.69 Å². The summed E-state index contributed by atoms with van der Waals surface area (Å²) in [6, 6.07) is 10.8. The van der Waals surface area contributed by atoms with Crippen molar-refractivity contribution < 1.29 is 23.5 Å². The van der Waals surface area contributed by atoms with Crippen LogP contribution < -0.4 is 10.1 Å². The Bertz CT molecular complexity index is 772. The van der Waals surface area contributed by atoms with Gasteiger partial charge in [-0.2, -0.15) is 0 Å². The lowest BCUT2D eigenvalue weighted by Crippen LogP contribution is -2.21. The lowest BCUT2D eigenvalue weighted by atomic mass is 10.2. The lowest BCUT2D eigenvalue weighted by molar-refractivity contribution is -0.119. The minimum Gasteiger partial charge on any atom is -0.493 e. The van der Waals surface area contributed by atoms with E-state index in [0.717, 1.165) is 0 Å². The molecule has 0 atom stereocenters. The first kappa shape index (κ1) is 19.4. The highest BCUT2D eigenvalue weighted by Crippen LogP contribution is 2.15. The number of aryl methyl sites for hydroxylation is 1. The van der Waals surface area contributed by atoms with Gasteiger partial charge in [0.05, 0.1) is 12.2 Å². The minimum atomic E-state index is -0.620. The van der Waals surface area contributed by atoms with Gasteiger partial charge < -0.3 is 14.8 Å². The average Bonchev–Trinajstić information content (AvgIpc) is 2.61. The Balaban J connectivity index is 1.83. The van der Waals surface area contributed by atoms with Crippen LogP contribution in [0.15, 0.2) is 42.5 Å². The van der Waals surface area contributed by atoms with E-state index in [1.165, 1.54) is 6.07 Å². The summed E-state index contributed by atoms with van der Waals surface area (Å²) in [5.41, 5.74) is 1.10. The summed E-state index contributed by atoms with van der Waals surface area (Å²) in [7, 11) is 0. The highest BCUT2D eigenvalue weighted by molar-refractivity contribution is 5.95. The first-order chi connectivity index (χ1) is 12.3. The third-order valence-corrected chi connectivity index (χ3v) is 3.46. The van der Waals surface area contributed by atoms with E-state index < -0.39 is 24.3 Å². The number of hydrogen-bond donors (Lipinski definition) is 1. The van der Waals surface area contributed by atoms with Gasteiger partial charge in [-0.25, -0.2) is 9.18 Å². The van der Waals surface area contributed by atoms with Crippen LogP contribution >= 0.6 is 0 Å². The molecule has 0 aliphatic heterocycles. The van der Waals surface area contributed by atoms with E-state index >= 15 is 0 Å². The molecule has 0 radical (unpaired) electrons. The SMILES string of the molecule is Cc1ccc(NC(=O)COC(=O)c2ccc(OCC(C)C)cc2)cc1F. The molecule has 0 saturated carbocycles. The van der Waals surface area contributed by atoms with Crippen LogP contribution in [0, 0.1) is 18.7 Å². The second kappa shape index (κ2) is 8.99. The second-order valence-corrected chi connectivity index (χ2v) is 6.32. The molecular formula is C20H22FNO4. The molecule has 26 heavy (non-hydrogen) atoms. The van der Waals surface area contributed by atoms with Crippen LogP contribution in [0.4, 0.5) is 10.1 Å². The van der Waals surface area contributed by atoms with Crippen molar-refractivity contribution in [2.24, 2.45) is 5.92 Å². The summed E-state index contributed by atoms with van der Waals surface area (Å²) in [5, 5.41) is 2.48. The number of carbonyl (C=O) groups is 2. The van der Waals surface area contributed by atoms with Crippen molar-refractivity contribution in [2.45, 2.75) is 20.8 Å². The Morgan fingerprint density at radius 3 is 2.42 bits per heavy atom. The monoisotopic (exact) mass is 359 g/mol. The van der Waals surface area contributed by atoms with Crippen molar-refractivity contribution in [1.82, 2.24) is 0 Å². The van der Waals surface area contributed by atoms with Crippen molar-refractivity contribution in [3.63, 3.8) is 0 Å². The molecule has 1 amide bonds. The molecule has 6 heteroatoms. The number of ether oxygens (including phenoxy) is 2. The first-order valence-electron chi connectivity index (χ1n) is 8.31. The van der Waals surface area contributed by atoms with E-state index in [1.54, 1.807) is 43.3 Å². The van der Waals surface area contributed by atoms with Gasteiger partial charge in [-0.1, -0.05) is 19.9 Å². The summed E-state index contributed by atoms with van der Waals surface area (Å²) in [6.45, 7) is 5.84. The summed E-state index contributed by atoms with van der Waals surface area (Å²) in [4.78, 5) is 23.8. The predicted molar refractivity (Wildman–Crippen MR) is 96.8 cm³/mol. The molecule has 2 rings (SSSR count). The zero-order valence-electron chi connectivity index (χ0n) is 15.0. The van der Waals surface area contributed by atoms with Crippen molar-refractivity contribution in [1.29, 1.82) is 0 Å². The highest BCUT2D eigenvalue weighted by atomic mass is 19.1. The van der Waals surface area contributed by atoms with Crippen LogP contribution in [0.2, 0.25) is 0 Å². The van der Waals surface area contributed by atoms with Crippen LogP contribution in [0.5, 0.6) is 5.75 Å². The van der Waals surface area contributed by atoms with E-state index in [4.69, 9.17) is 9.47 Å². The quantitative estimate of drug-likeness (QED) is 0.760. The van der Waals surface area contributed by atoms with Crippen LogP contribution in [-0.2, 0) is 9.53 Å². The first-order valence-corrected chi connectivity index (χ1v) is 8.31. The number of anilines is 1. The van der Waals surface area contributed by atoms with E-state index in [1.807, 2.05) is 13.8 Å². The number of esters is 1. The Morgan fingerprint density at radius 1 is 1.12 bits per heavy atom. The summed E-state index contributed by atoms with van der Waals surface area (Å²) >= 11 is 0. The van der Waals surface area contributed by atoms with E-state index in [0.29, 0.717) is 35.1 Å². The number of hydrogen-bond acceptors (Lipinski definition) is 4. The van der Waals surface area contributed by atoms with Crippen LogP contribution in [0.3, 0.4) is 0 Å². The molecule has 1 N–H and O–H groups in total. The molecule has 0 aliphatic carbocycles. The Kier molecular flexibility index (Phi) is 6.72. The average molecular weight is 359 g/mol. The zero-order valence-corrected chi connectivity index (χ0v) is 15.0. The molecule has 0 bridgehead atoms. The molecule has 0 fully saturated rings. The molecule has 0 aliphatic rings. The van der Waals surface area contributed by atoms with Gasteiger partial charge in [-0.15, -0.1) is 0 Å². The molecule has 0 spiro atoms. The largest absolute Gasteiger partial charge is 0.493 e. The van der Waals surface area contributed by atoms with Gasteiger partial charge in [0.2, 0.25) is 0 Å². The van der Waals surface area contributed by atoms with Crippen LogP contribution in [0.25, 0.3) is 0 Å². The van der Waals surface area contributed by atoms with Crippen LogP contribution in [0.1, 0.15) is 29.8 Å². The molecule has 2 aromatic carbocycles. The predicted octanol–water partition coefficient (Wildman–Crippen LogP) is 3.96. The molecular weight excluding hydrogens is 337 g/mol. The standard InChI is InChI=1S/C20H22FNO4/c1-13(2)11-25-17-8-5-15(6-9-17)20(24)26-12-19(23)22-16-7-4-14(3)18(21)10-16/h4-10,13H,11-12H2,1-3H3,(H,22,23). The second-order valence-electron chi connectivity index (χ2n) is 6.32. The molecule has 2 aromatic rings. The van der Waals surface area contributed by atoms with E-state index in [9.17, 15) is 14.0 Å². The van der Waals surface area contributed by atoms with Gasteiger partial charge in [-0.3, -0.25) is 4.79 Å². The number of benzene rings is 2. The van der Waals surface area contributed by atoms with Gasteiger partial charge in [-0.05, 0) is 54.8 Å². The lowest BCUT2D eigenvalue weighted by Gasteiger charge is -2.09. The molecule has 0 unspecified atom stereocenters. The molecule has 5 nitrogen and oxygen atoms in total. The molecule has 0 heterocycles. The fourth-order valence-electron chi connectivity index (χ4n) is 2.03. The molecule has 138 valence electrons. The molecule has 0 aromatic heterocycles. The Hall–Kier alpha value is -2.89. The van der Waals surface area contributed by atoms with Crippen molar-refractivity contribution in [2.75, 3.05) is 18.5 Å². The van der Waals surface area contributed by atoms with E-state index in [-0.39, 0.29) is 0 Å². The van der Waals surface area contributed by atoms with Crippen molar-refractivity contribution in [3.05, 3.63) is 59.4 Å². The number of rotatable bonds is 7. The van der Waals surface area contributed by atoms with Crippen molar-refractivity contribution >= 4 is 17.6 Å². The van der Waals surface area contributed by atoms with Gasteiger partial charge in [0.15, 0.2) is 6.61 Å². The third kappa shape index (κ3) is 5.88. The maximum Gasteiger partial charge on any atom is 0.338 e. The number of amides is 1. The summed E-state index contributed by atoms with van der Waals surface area (Å²) in [6.07, 6.45) is 0. The van der Waals surface area contributed by atoms with Gasteiger partial charge in [0.25, 0.3) is 5.91 Å². The Morgan fingerprint density at radius 2 is 1.81 bits per heavy atom. The number of nitrogens with one attached hydrogen (secondary N) is 1. The highest BCUT2D eigenvalue weighted by Gasteiger charge is 2.11. The van der Waals surface area contributed by atoms with E-state index in [2.05, 4.69) is 5.32 Å². The topological polar surface area (TPSA) is 64.6 Å². The fraction of sp³-hybridized carbons (Fsp3) is 0.300. The number of carbonyl (C=O) groups excluding carboxylic acids is 2. The normalized spacial score (nSPS) is 10.5. The Labute approximate surface area is 152 Å². The smallest absolute Gasteiger partial charge is 0.338 e. The fourth-order valence-corrected chi connectivity index (χ4v) is 2.03. The molecule has 0 saturated heterocycles. The summed E-state index contributed by atoms with van der Waals surface area (Å²) < 4.78 is 24.0. The maximum atomic E-state index is 13.4. The summed E-state index contributed by atoms with van der Waals surface area (Å²) in [5.74, 6) is -0.516. The third-order valence-electron chi connectivity index (χ3n) is 3.46. The zero-order chi connectivity index (χ0) is 19.1. The van der Waals surface area contributed by atoms with Crippen molar-refractivity contribution in [3.8, 4) is 5.75 Å². The number of halogens is 1.